The van der Waals surface area contributed by atoms with Crippen LogP contribution in [0.5, 0.6) is 0 Å². The lowest BCUT2D eigenvalue weighted by molar-refractivity contribution is 0.631. The van der Waals surface area contributed by atoms with Crippen molar-refractivity contribution < 1.29 is 4.39 Å². The quantitative estimate of drug-likeness (QED) is 0.827. The van der Waals surface area contributed by atoms with Gasteiger partial charge in [0.15, 0.2) is 0 Å². The van der Waals surface area contributed by atoms with Crippen LogP contribution in [0.15, 0.2) is 36.7 Å². The van der Waals surface area contributed by atoms with Gasteiger partial charge in [-0.05, 0) is 24.3 Å². The van der Waals surface area contributed by atoms with E-state index in [0.29, 0.717) is 11.4 Å². The highest BCUT2D eigenvalue weighted by atomic mass is 19.1. The molecule has 1 aromatic heterocycles. The fraction of sp³-hybridized carbons (Fsp3) is 0. The molecular weight excluding hydrogens is 219 g/mol. The van der Waals surface area contributed by atoms with Gasteiger partial charge in [-0.15, -0.1) is 0 Å². The Hall–Kier alpha value is -2.61. The topological polar surface area (TPSA) is 74.7 Å². The molecule has 0 radical (unpaired) electrons. The van der Waals surface area contributed by atoms with Gasteiger partial charge in [0.25, 0.3) is 0 Å². The van der Waals surface area contributed by atoms with E-state index in [0.717, 1.165) is 0 Å². The number of nitrogens with one attached hydrogen (secondary N) is 1. The fourth-order valence-corrected chi connectivity index (χ4v) is 1.37. The molecule has 0 aliphatic carbocycles. The third-order valence-electron chi connectivity index (χ3n) is 2.14. The standard InChI is InChI=1S/C12H9FN4/c13-11-3-8(5-14)1-2-12(11)17-10-4-9(15)6-16-7-10/h1-4,6-7,17H,15H2. The number of nitrogen functional groups attached to an aromatic ring is 1. The first-order chi connectivity index (χ1) is 8.19. The van der Waals surface area contributed by atoms with E-state index in [-0.39, 0.29) is 11.3 Å². The number of rotatable bonds is 2. The van der Waals surface area contributed by atoms with E-state index in [1.54, 1.807) is 6.07 Å². The first kappa shape index (κ1) is 10.9. The lowest BCUT2D eigenvalue weighted by Crippen LogP contribution is -1.96. The molecule has 1 aromatic carbocycles. The smallest absolute Gasteiger partial charge is 0.147 e. The molecule has 4 nitrogen and oxygen atoms in total. The zero-order chi connectivity index (χ0) is 12.3. The Bertz CT molecular complexity index is 589. The number of pyridine rings is 1. The molecule has 0 aliphatic heterocycles. The summed E-state index contributed by atoms with van der Waals surface area (Å²) in [6.07, 6.45) is 3.04. The Morgan fingerprint density at radius 2 is 2.12 bits per heavy atom. The normalized spacial score (nSPS) is 9.65. The van der Waals surface area contributed by atoms with E-state index in [4.69, 9.17) is 11.0 Å². The maximum atomic E-state index is 13.6. The van der Waals surface area contributed by atoms with E-state index in [2.05, 4.69) is 10.3 Å². The van der Waals surface area contributed by atoms with Crippen LogP contribution in [-0.4, -0.2) is 4.98 Å². The Morgan fingerprint density at radius 3 is 2.76 bits per heavy atom. The summed E-state index contributed by atoms with van der Waals surface area (Å²) in [4.78, 5) is 3.88. The summed E-state index contributed by atoms with van der Waals surface area (Å²) in [5.74, 6) is -0.494. The van der Waals surface area contributed by atoms with Crippen molar-refractivity contribution in [3.8, 4) is 6.07 Å². The van der Waals surface area contributed by atoms with Crippen LogP contribution in [0, 0.1) is 17.1 Å². The summed E-state index contributed by atoms with van der Waals surface area (Å²) < 4.78 is 13.6. The lowest BCUT2D eigenvalue weighted by atomic mass is 10.2. The van der Waals surface area contributed by atoms with E-state index in [1.807, 2.05) is 6.07 Å². The maximum absolute atomic E-state index is 13.6. The molecule has 0 unspecified atom stereocenters. The summed E-state index contributed by atoms with van der Waals surface area (Å²) in [5.41, 5.74) is 7.19. The third-order valence-corrected chi connectivity index (χ3v) is 2.14. The number of hydrogen-bond acceptors (Lipinski definition) is 4. The lowest BCUT2D eigenvalue weighted by Gasteiger charge is -2.07. The molecule has 0 fully saturated rings. The first-order valence-electron chi connectivity index (χ1n) is 4.86. The number of benzene rings is 1. The Morgan fingerprint density at radius 1 is 1.29 bits per heavy atom. The van der Waals surface area contributed by atoms with Crippen LogP contribution < -0.4 is 11.1 Å². The number of halogens is 1. The van der Waals surface area contributed by atoms with Crippen molar-refractivity contribution in [1.82, 2.24) is 4.98 Å². The van der Waals surface area contributed by atoms with Crippen LogP contribution in [0.1, 0.15) is 5.56 Å². The molecule has 0 aliphatic rings. The molecule has 0 spiro atoms. The second-order valence-electron chi connectivity index (χ2n) is 3.44. The van der Waals surface area contributed by atoms with E-state index in [9.17, 15) is 4.39 Å². The molecule has 0 saturated heterocycles. The molecule has 0 saturated carbocycles. The zero-order valence-corrected chi connectivity index (χ0v) is 8.81. The second-order valence-corrected chi connectivity index (χ2v) is 3.44. The van der Waals surface area contributed by atoms with Gasteiger partial charge in [0, 0.05) is 6.20 Å². The number of nitrogens with two attached hydrogens (primary N) is 1. The van der Waals surface area contributed by atoms with Gasteiger partial charge >= 0.3 is 0 Å². The van der Waals surface area contributed by atoms with Crippen LogP contribution in [-0.2, 0) is 0 Å². The van der Waals surface area contributed by atoms with Crippen LogP contribution in [0.2, 0.25) is 0 Å². The number of hydrogen-bond donors (Lipinski definition) is 2. The average Bonchev–Trinajstić information content (AvgIpc) is 2.32. The molecule has 2 rings (SSSR count). The van der Waals surface area contributed by atoms with E-state index >= 15 is 0 Å². The molecule has 5 heteroatoms. The molecule has 0 bridgehead atoms. The number of nitrogens with zero attached hydrogens (tertiary/aromatic N) is 2. The molecule has 2 aromatic rings. The van der Waals surface area contributed by atoms with Gasteiger partial charge in [-0.25, -0.2) is 4.39 Å². The van der Waals surface area contributed by atoms with Gasteiger partial charge in [0.1, 0.15) is 5.82 Å². The molecule has 3 N–H and O–H groups in total. The Balaban J connectivity index is 2.28. The predicted octanol–water partition coefficient (Wildman–Crippen LogP) is 2.42. The molecule has 84 valence electrons. The minimum absolute atomic E-state index is 0.274. The highest BCUT2D eigenvalue weighted by Gasteiger charge is 2.04. The summed E-state index contributed by atoms with van der Waals surface area (Å²) in [6, 6.07) is 7.71. The molecule has 1 heterocycles. The number of anilines is 3. The maximum Gasteiger partial charge on any atom is 0.147 e. The monoisotopic (exact) mass is 228 g/mol. The average molecular weight is 228 g/mol. The Kier molecular flexibility index (Phi) is 2.88. The van der Waals surface area contributed by atoms with Crippen LogP contribution in [0.4, 0.5) is 21.5 Å². The highest BCUT2D eigenvalue weighted by molar-refractivity contribution is 5.63. The summed E-state index contributed by atoms with van der Waals surface area (Å²) in [7, 11) is 0. The number of nitriles is 1. The Labute approximate surface area is 97.5 Å². The summed E-state index contributed by atoms with van der Waals surface area (Å²) in [6.45, 7) is 0. The van der Waals surface area contributed by atoms with Gasteiger partial charge in [-0.3, -0.25) is 4.98 Å². The van der Waals surface area contributed by atoms with Crippen molar-refractivity contribution in [3.05, 3.63) is 48.0 Å². The second kappa shape index (κ2) is 4.49. The third kappa shape index (κ3) is 2.49. The fourth-order valence-electron chi connectivity index (χ4n) is 1.37. The van der Waals surface area contributed by atoms with Crippen LogP contribution in [0.3, 0.4) is 0 Å². The van der Waals surface area contributed by atoms with E-state index in [1.165, 1.54) is 30.6 Å². The van der Waals surface area contributed by atoms with Crippen molar-refractivity contribution in [2.75, 3.05) is 11.1 Å². The predicted molar refractivity (Wildman–Crippen MR) is 63.0 cm³/mol. The molecule has 0 atom stereocenters. The van der Waals surface area contributed by atoms with Crippen molar-refractivity contribution in [1.29, 1.82) is 5.26 Å². The highest BCUT2D eigenvalue weighted by Crippen LogP contribution is 2.21. The largest absolute Gasteiger partial charge is 0.397 e. The minimum atomic E-state index is -0.494. The molecular formula is C12H9FN4. The van der Waals surface area contributed by atoms with Gasteiger partial charge in [-0.1, -0.05) is 0 Å². The van der Waals surface area contributed by atoms with E-state index < -0.39 is 5.82 Å². The van der Waals surface area contributed by atoms with Gasteiger partial charge in [0.05, 0.1) is 34.9 Å². The number of aromatic nitrogens is 1. The van der Waals surface area contributed by atoms with Gasteiger partial charge in [0.2, 0.25) is 0 Å². The minimum Gasteiger partial charge on any atom is -0.397 e. The first-order valence-corrected chi connectivity index (χ1v) is 4.86. The molecule has 17 heavy (non-hydrogen) atoms. The van der Waals surface area contributed by atoms with Gasteiger partial charge < -0.3 is 11.1 Å². The van der Waals surface area contributed by atoms with Crippen molar-refractivity contribution in [2.45, 2.75) is 0 Å². The van der Waals surface area contributed by atoms with Crippen molar-refractivity contribution in [2.24, 2.45) is 0 Å². The van der Waals surface area contributed by atoms with Gasteiger partial charge in [-0.2, -0.15) is 5.26 Å². The molecule has 0 amide bonds. The van der Waals surface area contributed by atoms with Crippen molar-refractivity contribution in [3.63, 3.8) is 0 Å². The SMILES string of the molecule is N#Cc1ccc(Nc2cncc(N)c2)c(F)c1. The summed E-state index contributed by atoms with van der Waals surface area (Å²) in [5, 5.41) is 11.5. The van der Waals surface area contributed by atoms with Crippen LogP contribution in [0.25, 0.3) is 0 Å². The van der Waals surface area contributed by atoms with Crippen LogP contribution >= 0.6 is 0 Å². The zero-order valence-electron chi connectivity index (χ0n) is 8.81. The summed E-state index contributed by atoms with van der Waals surface area (Å²) >= 11 is 0. The van der Waals surface area contributed by atoms with Crippen molar-refractivity contribution >= 4 is 17.1 Å².